The smallest absolute Gasteiger partial charge is 0.420 e. The highest BCUT2D eigenvalue weighted by molar-refractivity contribution is 7.99. The summed E-state index contributed by atoms with van der Waals surface area (Å²) in [7, 11) is 1.39. The summed E-state index contributed by atoms with van der Waals surface area (Å²) in [6, 6.07) is 18.5. The van der Waals surface area contributed by atoms with Crippen LogP contribution in [0.25, 0.3) is 11.0 Å². The second kappa shape index (κ2) is 10.8. The topological polar surface area (TPSA) is 60.3 Å². The molecule has 0 bridgehead atoms. The van der Waals surface area contributed by atoms with Crippen LogP contribution in [-0.4, -0.2) is 51.5 Å². The predicted octanol–water partition coefficient (Wildman–Crippen LogP) is 5.80. The number of fused-ring (bicyclic) bond motifs is 2. The third-order valence-corrected chi connectivity index (χ3v) is 8.45. The molecule has 0 radical (unpaired) electrons. The van der Waals surface area contributed by atoms with E-state index in [1.165, 1.54) is 45.0 Å². The van der Waals surface area contributed by atoms with Crippen molar-refractivity contribution >= 4 is 40.7 Å². The van der Waals surface area contributed by atoms with Crippen LogP contribution in [0.1, 0.15) is 22.4 Å². The average Bonchev–Trinajstić information content (AvgIpc) is 3.27. The molecule has 0 N–H and O–H groups in total. The van der Waals surface area contributed by atoms with Crippen molar-refractivity contribution in [3.8, 4) is 0 Å². The predicted molar refractivity (Wildman–Crippen MR) is 142 cm³/mol. The summed E-state index contributed by atoms with van der Waals surface area (Å²) in [6.45, 7) is 5.35. The van der Waals surface area contributed by atoms with Crippen molar-refractivity contribution < 1.29 is 9.53 Å². The van der Waals surface area contributed by atoms with E-state index in [2.05, 4.69) is 52.1 Å². The largest absolute Gasteiger partial charge is 0.452 e. The number of benzene rings is 2. The van der Waals surface area contributed by atoms with Crippen LogP contribution in [0.3, 0.4) is 0 Å². The summed E-state index contributed by atoms with van der Waals surface area (Å²) < 4.78 is 6.53. The molecule has 1 aliphatic rings. The molecule has 8 heteroatoms. The summed E-state index contributed by atoms with van der Waals surface area (Å²) in [4.78, 5) is 25.5. The fraction of sp³-hybridized carbons (Fsp3) is 0.296. The summed E-state index contributed by atoms with van der Waals surface area (Å²) in [6.07, 6.45) is 2.58. The maximum Gasteiger partial charge on any atom is 0.420 e. The van der Waals surface area contributed by atoms with Gasteiger partial charge in [-0.3, -0.25) is 9.88 Å². The van der Waals surface area contributed by atoms with Gasteiger partial charge in [0.05, 0.1) is 23.8 Å². The quantitative estimate of drug-likeness (QED) is 0.295. The Bertz CT molecular complexity index is 1350. The number of hydrogen-bond acceptors (Lipinski definition) is 7. The third kappa shape index (κ3) is 5.24. The van der Waals surface area contributed by atoms with Crippen molar-refractivity contribution in [3.63, 3.8) is 0 Å². The summed E-state index contributed by atoms with van der Waals surface area (Å²) in [5, 5.41) is 0.614. The number of rotatable bonds is 7. The molecule has 2 aromatic heterocycles. The Morgan fingerprint density at radius 1 is 1.06 bits per heavy atom. The van der Waals surface area contributed by atoms with Crippen LogP contribution in [0, 0.1) is 6.92 Å². The van der Waals surface area contributed by atoms with Crippen molar-refractivity contribution in [3.05, 3.63) is 83.2 Å². The normalized spacial score (nSPS) is 13.7. The highest BCUT2D eigenvalue weighted by Gasteiger charge is 2.19. The average molecular weight is 505 g/mol. The van der Waals surface area contributed by atoms with Crippen LogP contribution < -0.4 is 0 Å². The highest BCUT2D eigenvalue weighted by atomic mass is 32.2. The van der Waals surface area contributed by atoms with Crippen molar-refractivity contribution in [2.45, 2.75) is 35.7 Å². The Morgan fingerprint density at radius 3 is 2.71 bits per heavy atom. The van der Waals surface area contributed by atoms with Gasteiger partial charge in [-0.05, 0) is 48.2 Å². The highest BCUT2D eigenvalue weighted by Crippen LogP contribution is 2.30. The number of hydrogen-bond donors (Lipinski definition) is 0. The van der Waals surface area contributed by atoms with Crippen LogP contribution in [0.15, 0.2) is 70.8 Å². The molecular weight excluding hydrogens is 476 g/mol. The number of methoxy groups -OCH3 is 1. The monoisotopic (exact) mass is 504 g/mol. The van der Waals surface area contributed by atoms with Crippen molar-refractivity contribution in [2.75, 3.05) is 26.0 Å². The first-order valence-corrected chi connectivity index (χ1v) is 13.7. The Morgan fingerprint density at radius 2 is 1.86 bits per heavy atom. The minimum atomic E-state index is -0.435. The maximum absolute atomic E-state index is 12.4. The number of ether oxygens (including phenoxy) is 1. The third-order valence-electron chi connectivity index (χ3n) is 6.36. The first kappa shape index (κ1) is 23.9. The number of nitrogens with zero attached hydrogens (tertiary/aromatic N) is 4. The van der Waals surface area contributed by atoms with E-state index in [0.29, 0.717) is 10.9 Å². The van der Waals surface area contributed by atoms with Gasteiger partial charge in [0, 0.05) is 42.2 Å². The van der Waals surface area contributed by atoms with Crippen LogP contribution in [0.4, 0.5) is 4.79 Å². The van der Waals surface area contributed by atoms with Crippen LogP contribution in [-0.2, 0) is 23.5 Å². The Hall–Kier alpha value is -2.81. The van der Waals surface area contributed by atoms with Crippen molar-refractivity contribution in [1.82, 2.24) is 19.4 Å². The number of para-hydroxylation sites is 2. The first-order valence-electron chi connectivity index (χ1n) is 11.7. The minimum Gasteiger partial charge on any atom is -0.452 e. The van der Waals surface area contributed by atoms with Gasteiger partial charge in [0.25, 0.3) is 0 Å². The van der Waals surface area contributed by atoms with Gasteiger partial charge in [0.15, 0.2) is 5.16 Å². The second-order valence-corrected chi connectivity index (χ2v) is 10.6. The van der Waals surface area contributed by atoms with Gasteiger partial charge in [-0.1, -0.05) is 48.2 Å². The Labute approximate surface area is 214 Å². The molecule has 1 aliphatic heterocycles. The van der Waals surface area contributed by atoms with Crippen LogP contribution in [0.2, 0.25) is 0 Å². The molecule has 4 aromatic rings. The molecular formula is C27H28N4O2S2. The molecule has 0 spiro atoms. The Kier molecular flexibility index (Phi) is 7.41. The van der Waals surface area contributed by atoms with E-state index in [4.69, 9.17) is 4.74 Å². The van der Waals surface area contributed by atoms with Gasteiger partial charge in [-0.2, -0.15) is 0 Å². The molecule has 0 amide bonds. The molecule has 0 fully saturated rings. The zero-order chi connectivity index (χ0) is 24.2. The zero-order valence-electron chi connectivity index (χ0n) is 19.9. The maximum atomic E-state index is 12.4. The van der Waals surface area contributed by atoms with Gasteiger partial charge >= 0.3 is 6.09 Å². The van der Waals surface area contributed by atoms with Gasteiger partial charge in [-0.25, -0.2) is 14.3 Å². The molecule has 0 saturated heterocycles. The number of thioether (sulfide) groups is 2. The number of aromatic nitrogens is 3. The van der Waals surface area contributed by atoms with E-state index in [-0.39, 0.29) is 0 Å². The SMILES string of the molecule is COC(=O)n1c(SCc2nccc(SCCN3CCc4ccccc4C3)c2C)nc2ccccc21. The molecule has 35 heavy (non-hydrogen) atoms. The molecule has 180 valence electrons. The molecule has 5 rings (SSSR count). The van der Waals surface area contributed by atoms with E-state index < -0.39 is 6.09 Å². The number of carbonyl (C=O) groups excluding carboxylic acids is 1. The van der Waals surface area contributed by atoms with Gasteiger partial charge in [-0.15, -0.1) is 11.8 Å². The Balaban J connectivity index is 1.23. The van der Waals surface area contributed by atoms with Crippen molar-refractivity contribution in [2.24, 2.45) is 0 Å². The molecule has 6 nitrogen and oxygen atoms in total. The fourth-order valence-electron chi connectivity index (χ4n) is 4.39. The lowest BCUT2D eigenvalue weighted by atomic mass is 10.0. The van der Waals surface area contributed by atoms with Crippen molar-refractivity contribution in [1.29, 1.82) is 0 Å². The standard InChI is InChI=1S/C27H28N4O2S2/c1-19-23(18-35-26-29-22-9-5-6-10-24(22)31(26)27(32)33-2)28-13-11-25(19)34-16-15-30-14-12-20-7-3-4-8-21(20)17-30/h3-11,13H,12,14-18H2,1-2H3. The fourth-order valence-corrected chi connectivity index (χ4v) is 6.47. The van der Waals surface area contributed by atoms with Crippen LogP contribution >= 0.6 is 23.5 Å². The zero-order valence-corrected chi connectivity index (χ0v) is 21.6. The lowest BCUT2D eigenvalue weighted by molar-refractivity contribution is 0.171. The van der Waals surface area contributed by atoms with Gasteiger partial charge < -0.3 is 4.74 Å². The lowest BCUT2D eigenvalue weighted by Crippen LogP contribution is -2.32. The lowest BCUT2D eigenvalue weighted by Gasteiger charge is -2.28. The van der Waals surface area contributed by atoms with E-state index in [1.807, 2.05) is 42.2 Å². The van der Waals surface area contributed by atoms with Gasteiger partial charge in [0.2, 0.25) is 0 Å². The molecule has 0 aliphatic carbocycles. The number of pyridine rings is 1. The second-order valence-electron chi connectivity index (χ2n) is 8.50. The molecule has 0 unspecified atom stereocenters. The van der Waals surface area contributed by atoms with E-state index in [1.54, 1.807) is 0 Å². The molecule has 3 heterocycles. The molecule has 2 aromatic carbocycles. The summed E-state index contributed by atoms with van der Waals surface area (Å²) in [5.41, 5.74) is 6.67. The minimum absolute atomic E-state index is 0.435. The molecule has 0 saturated carbocycles. The number of imidazole rings is 1. The van der Waals surface area contributed by atoms with E-state index in [0.717, 1.165) is 48.5 Å². The van der Waals surface area contributed by atoms with Gasteiger partial charge in [0.1, 0.15) is 0 Å². The first-order chi connectivity index (χ1) is 17.1. The summed E-state index contributed by atoms with van der Waals surface area (Å²) in [5.74, 6) is 1.67. The van der Waals surface area contributed by atoms with Crippen LogP contribution in [0.5, 0.6) is 0 Å². The van der Waals surface area contributed by atoms with E-state index in [9.17, 15) is 4.79 Å². The van der Waals surface area contributed by atoms with E-state index >= 15 is 0 Å². The molecule has 0 atom stereocenters. The summed E-state index contributed by atoms with van der Waals surface area (Å²) >= 11 is 3.39. The number of carbonyl (C=O) groups is 1.